The number of rotatable bonds is 13. The van der Waals surface area contributed by atoms with E-state index in [0.29, 0.717) is 62.0 Å². The lowest BCUT2D eigenvalue weighted by atomic mass is 9.55. The summed E-state index contributed by atoms with van der Waals surface area (Å²) in [6.45, 7) is 0.568. The highest BCUT2D eigenvalue weighted by molar-refractivity contribution is 6.03. The number of aromatic hydroxyl groups is 1. The summed E-state index contributed by atoms with van der Waals surface area (Å²) in [7, 11) is 0. The average Bonchev–Trinajstić information content (AvgIpc) is 3.52. The molecule has 2 aliphatic heterocycles. The van der Waals surface area contributed by atoms with E-state index in [9.17, 15) is 40.2 Å². The molecule has 1 aromatic carbocycles. The van der Waals surface area contributed by atoms with Gasteiger partial charge < -0.3 is 45.0 Å². The Morgan fingerprint density at radius 1 is 1.06 bits per heavy atom. The molecule has 2 fully saturated rings. The third kappa shape index (κ3) is 6.27. The molecule has 1 saturated heterocycles. The van der Waals surface area contributed by atoms with Crippen LogP contribution in [-0.4, -0.2) is 95.2 Å². The van der Waals surface area contributed by atoms with Crippen LogP contribution in [0.2, 0.25) is 0 Å². The first-order valence-corrected chi connectivity index (χ1v) is 16.6. The zero-order chi connectivity index (χ0) is 34.0. The van der Waals surface area contributed by atoms with Gasteiger partial charge in [-0.15, -0.1) is 5.10 Å². The number of benzene rings is 1. The van der Waals surface area contributed by atoms with Crippen LogP contribution >= 0.6 is 0 Å². The van der Waals surface area contributed by atoms with E-state index in [1.54, 1.807) is 12.1 Å². The third-order valence-corrected chi connectivity index (χ3v) is 10.1. The van der Waals surface area contributed by atoms with Gasteiger partial charge in [0, 0.05) is 37.5 Å². The monoisotopic (exact) mass is 670 g/mol. The zero-order valence-electron chi connectivity index (χ0n) is 26.5. The van der Waals surface area contributed by atoms with Gasteiger partial charge in [0.05, 0.1) is 18.2 Å². The summed E-state index contributed by atoms with van der Waals surface area (Å²) < 4.78 is 13.1. The lowest BCUT2D eigenvalue weighted by molar-refractivity contribution is -0.225. The molecule has 6 N–H and O–H groups in total. The van der Waals surface area contributed by atoms with Gasteiger partial charge in [-0.2, -0.15) is 0 Å². The van der Waals surface area contributed by atoms with Gasteiger partial charge in [-0.3, -0.25) is 0 Å². The van der Waals surface area contributed by atoms with Crippen LogP contribution in [0.4, 0.5) is 0 Å². The number of carboxylic acids is 2. The number of hydrogen-bond donors (Lipinski definition) is 6. The number of ether oxygens (including phenoxy) is 2. The molecule has 0 radical (unpaired) electrons. The number of nitrogens with zero attached hydrogens (tertiary/aromatic N) is 4. The Bertz CT molecular complexity index is 1570. The predicted octanol–water partition coefficient (Wildman–Crippen LogP) is 3.20. The Hall–Kier alpha value is -4.05. The first-order chi connectivity index (χ1) is 23.2. The molecule has 0 amide bonds. The first kappa shape index (κ1) is 33.8. The molecule has 48 heavy (non-hydrogen) atoms. The predicted molar refractivity (Wildman–Crippen MR) is 167 cm³/mol. The number of aliphatic hydroxyl groups excluding tert-OH is 2. The van der Waals surface area contributed by atoms with Gasteiger partial charge in [0.15, 0.2) is 5.69 Å². The van der Waals surface area contributed by atoms with Gasteiger partial charge in [0.1, 0.15) is 17.5 Å². The highest BCUT2D eigenvalue weighted by Gasteiger charge is 2.64. The maximum absolute atomic E-state index is 12.9. The van der Waals surface area contributed by atoms with Crippen molar-refractivity contribution in [2.75, 3.05) is 19.8 Å². The third-order valence-electron chi connectivity index (χ3n) is 10.1. The van der Waals surface area contributed by atoms with E-state index < -0.39 is 53.3 Å². The van der Waals surface area contributed by atoms with E-state index in [0.717, 1.165) is 23.9 Å². The van der Waals surface area contributed by atoms with E-state index in [-0.39, 0.29) is 43.0 Å². The van der Waals surface area contributed by atoms with Crippen molar-refractivity contribution in [3.63, 3.8) is 0 Å². The molecule has 1 aromatic heterocycles. The summed E-state index contributed by atoms with van der Waals surface area (Å²) in [5, 5.41) is 74.8. The molecule has 0 bridgehead atoms. The highest BCUT2D eigenvalue weighted by Crippen LogP contribution is 2.62. The van der Waals surface area contributed by atoms with Gasteiger partial charge in [-0.1, -0.05) is 29.3 Å². The molecule has 4 aliphatic rings. The Kier molecular flexibility index (Phi) is 10.0. The fraction of sp³-hybridized carbons (Fsp3) is 0.606. The molecule has 7 atom stereocenters. The molecule has 15 nitrogen and oxygen atoms in total. The number of phenolic OH excluding ortho intramolecular Hbond substituents is 1. The molecule has 0 spiro atoms. The number of phenols is 1. The molecule has 7 unspecified atom stereocenters. The summed E-state index contributed by atoms with van der Waals surface area (Å²) >= 11 is 0. The Balaban J connectivity index is 1.56. The van der Waals surface area contributed by atoms with E-state index in [4.69, 9.17) is 14.3 Å². The summed E-state index contributed by atoms with van der Waals surface area (Å²) in [4.78, 5) is 30.4. The van der Waals surface area contributed by atoms with Crippen molar-refractivity contribution in [1.82, 2.24) is 15.0 Å². The summed E-state index contributed by atoms with van der Waals surface area (Å²) in [6.07, 6.45) is 7.65. The topological polar surface area (TPSA) is 226 Å². The minimum absolute atomic E-state index is 0.000554. The summed E-state index contributed by atoms with van der Waals surface area (Å²) in [5.41, 5.74) is 0.163. The lowest BCUT2D eigenvalue weighted by Gasteiger charge is -2.56. The van der Waals surface area contributed by atoms with Gasteiger partial charge in [-0.25, -0.2) is 14.3 Å². The SMILES string of the molecule is O=C(O)c1nnn(C2CC(=NOC3CCCCO3)C3=CC(CCCCO)C(CCCCO)C4c5cc(O)ccc5OC2(O)C34)c1C(=O)O. The minimum atomic E-state index is -2.17. The number of unbranched alkanes of at least 4 members (excludes halogenated alkanes) is 2. The Morgan fingerprint density at radius 2 is 1.83 bits per heavy atom. The first-order valence-electron chi connectivity index (χ1n) is 16.6. The van der Waals surface area contributed by atoms with Crippen molar-refractivity contribution in [2.24, 2.45) is 22.9 Å². The van der Waals surface area contributed by atoms with Gasteiger partial charge >= 0.3 is 11.9 Å². The van der Waals surface area contributed by atoms with Crippen LogP contribution in [0.15, 0.2) is 35.0 Å². The van der Waals surface area contributed by atoms with Crippen LogP contribution in [0.3, 0.4) is 0 Å². The maximum Gasteiger partial charge on any atom is 0.359 e. The summed E-state index contributed by atoms with van der Waals surface area (Å²) in [6, 6.07) is 3.29. The molecular formula is C33H42N4O11. The van der Waals surface area contributed by atoms with Gasteiger partial charge in [0.25, 0.3) is 0 Å². The van der Waals surface area contributed by atoms with E-state index in [2.05, 4.69) is 21.5 Å². The van der Waals surface area contributed by atoms with Crippen molar-refractivity contribution in [2.45, 2.75) is 88.2 Å². The van der Waals surface area contributed by atoms with Gasteiger partial charge in [-0.05, 0) is 74.1 Å². The number of aromatic carboxylic acids is 2. The van der Waals surface area contributed by atoms with Crippen molar-refractivity contribution in [1.29, 1.82) is 0 Å². The molecule has 2 aliphatic carbocycles. The van der Waals surface area contributed by atoms with Crippen LogP contribution in [-0.2, 0) is 9.57 Å². The van der Waals surface area contributed by atoms with Crippen molar-refractivity contribution >= 4 is 17.7 Å². The molecular weight excluding hydrogens is 628 g/mol. The average molecular weight is 671 g/mol. The molecule has 6 rings (SSSR count). The number of hydrogen-bond acceptors (Lipinski definition) is 12. The highest BCUT2D eigenvalue weighted by atomic mass is 16.8. The van der Waals surface area contributed by atoms with Crippen LogP contribution in [0.5, 0.6) is 11.5 Å². The second-order valence-corrected chi connectivity index (χ2v) is 13.0. The second-order valence-electron chi connectivity index (χ2n) is 13.0. The Morgan fingerprint density at radius 3 is 2.52 bits per heavy atom. The van der Waals surface area contributed by atoms with Gasteiger partial charge in [0.2, 0.25) is 17.8 Å². The molecule has 15 heteroatoms. The smallest absolute Gasteiger partial charge is 0.359 e. The van der Waals surface area contributed by atoms with E-state index in [1.807, 2.05) is 0 Å². The molecule has 260 valence electrons. The number of aromatic nitrogens is 3. The fourth-order valence-corrected chi connectivity index (χ4v) is 7.98. The van der Waals surface area contributed by atoms with Crippen LogP contribution < -0.4 is 4.74 Å². The molecule has 3 heterocycles. The molecule has 1 saturated carbocycles. The minimum Gasteiger partial charge on any atom is -0.508 e. The van der Waals surface area contributed by atoms with Crippen LogP contribution in [0, 0.1) is 17.8 Å². The zero-order valence-corrected chi connectivity index (χ0v) is 26.5. The molecule has 2 aromatic rings. The van der Waals surface area contributed by atoms with E-state index >= 15 is 0 Å². The maximum atomic E-state index is 12.9. The van der Waals surface area contributed by atoms with Crippen molar-refractivity contribution < 1.29 is 54.5 Å². The van der Waals surface area contributed by atoms with Crippen molar-refractivity contribution in [3.8, 4) is 11.5 Å². The standard InChI is InChI=1S/C33H42N4O11/c38-12-4-1-7-18-15-21-23(35-48-26-9-3-6-14-46-26)17-25(37-30(32(43)44)29(31(41)42)34-36-37)33(45)28(21)27(20(18)8-2-5-13-39)22-16-19(40)10-11-24(22)47-33/h10-11,15-16,18,20,25-28,38-40,45H,1-9,12-14,17H2,(H,41,42)(H,43,44). The second kappa shape index (κ2) is 14.2. The quantitative estimate of drug-likeness (QED) is 0.133. The normalized spacial score (nSPS) is 30.1. The lowest BCUT2D eigenvalue weighted by Crippen LogP contribution is -2.62. The number of oxime groups is 1. The number of fused-ring (bicyclic) bond motifs is 2. The number of allylic oxidation sites excluding steroid dienone is 1. The number of carboxylic acid groups (broad SMARTS) is 2. The fourth-order valence-electron chi connectivity index (χ4n) is 7.98. The van der Waals surface area contributed by atoms with E-state index in [1.165, 1.54) is 6.07 Å². The Labute approximate surface area is 276 Å². The number of carbonyl (C=O) groups is 2. The summed E-state index contributed by atoms with van der Waals surface area (Å²) in [5.74, 6) is -6.64. The van der Waals surface area contributed by atoms with Crippen molar-refractivity contribution in [3.05, 3.63) is 46.8 Å². The van der Waals surface area contributed by atoms with Crippen LogP contribution in [0.25, 0.3) is 0 Å². The number of aliphatic hydroxyl groups is 3. The largest absolute Gasteiger partial charge is 0.508 e. The van der Waals surface area contributed by atoms with Crippen LogP contribution in [0.1, 0.15) is 103 Å².